The molecule has 0 spiro atoms. The average Bonchev–Trinajstić information content (AvgIpc) is 2.27. The van der Waals surface area contributed by atoms with Crippen LogP contribution in [0, 0.1) is 0 Å². The number of aryl methyl sites for hydroxylation is 1. The first-order chi connectivity index (χ1) is 8.56. The fourth-order valence-electron chi connectivity index (χ4n) is 1.72. The van der Waals surface area contributed by atoms with Gasteiger partial charge in [-0.05, 0) is 42.6 Å². The number of benzene rings is 1. The minimum atomic E-state index is 0.152. The maximum Gasteiger partial charge on any atom is 0.212 e. The number of nitrogens with two attached hydrogens (primary N) is 1. The third-order valence-electron chi connectivity index (χ3n) is 2.49. The lowest BCUT2D eigenvalue weighted by Crippen LogP contribution is -2.37. The number of hydrogen-bond donors (Lipinski definition) is 3. The van der Waals surface area contributed by atoms with Crippen LogP contribution < -0.4 is 20.9 Å². The molecule has 6 heteroatoms. The van der Waals surface area contributed by atoms with Gasteiger partial charge in [0, 0.05) is 23.2 Å². The lowest BCUT2D eigenvalue weighted by Gasteiger charge is -2.09. The SMILES string of the molecule is C[n+]1cccc2cc(NC(=S)NC(N)=S)ccc21. The summed E-state index contributed by atoms with van der Waals surface area (Å²) in [6.45, 7) is 0. The van der Waals surface area contributed by atoms with Crippen molar-refractivity contribution in [3.8, 4) is 0 Å². The summed E-state index contributed by atoms with van der Waals surface area (Å²) in [4.78, 5) is 0. The Morgan fingerprint density at radius 1 is 1.28 bits per heavy atom. The van der Waals surface area contributed by atoms with Crippen molar-refractivity contribution in [2.45, 2.75) is 0 Å². The van der Waals surface area contributed by atoms with Crippen molar-refractivity contribution in [2.24, 2.45) is 12.8 Å². The summed E-state index contributed by atoms with van der Waals surface area (Å²) >= 11 is 9.78. The highest BCUT2D eigenvalue weighted by molar-refractivity contribution is 7.82. The van der Waals surface area contributed by atoms with Gasteiger partial charge in [-0.2, -0.15) is 0 Å². The molecule has 2 rings (SSSR count). The molecule has 0 aliphatic heterocycles. The van der Waals surface area contributed by atoms with Crippen LogP contribution in [0.4, 0.5) is 5.69 Å². The second-order valence-corrected chi connectivity index (χ2v) is 4.68. The lowest BCUT2D eigenvalue weighted by atomic mass is 10.2. The van der Waals surface area contributed by atoms with Crippen molar-refractivity contribution in [1.29, 1.82) is 0 Å². The molecule has 1 aromatic heterocycles. The van der Waals surface area contributed by atoms with Crippen molar-refractivity contribution in [2.75, 3.05) is 5.32 Å². The lowest BCUT2D eigenvalue weighted by molar-refractivity contribution is -0.644. The third kappa shape index (κ3) is 2.91. The summed E-state index contributed by atoms with van der Waals surface area (Å²) in [5.41, 5.74) is 7.39. The molecule has 4 N–H and O–H groups in total. The molecule has 0 atom stereocenters. The van der Waals surface area contributed by atoms with E-state index in [9.17, 15) is 0 Å². The average molecular weight is 277 g/mol. The van der Waals surface area contributed by atoms with Crippen molar-refractivity contribution >= 4 is 51.3 Å². The third-order valence-corrected chi connectivity index (χ3v) is 2.79. The molecule has 0 aliphatic carbocycles. The van der Waals surface area contributed by atoms with E-state index in [0.29, 0.717) is 5.11 Å². The molecule has 18 heavy (non-hydrogen) atoms. The van der Waals surface area contributed by atoms with E-state index in [-0.39, 0.29) is 5.11 Å². The molecule has 0 bridgehead atoms. The first kappa shape index (κ1) is 12.7. The predicted octanol–water partition coefficient (Wildman–Crippen LogP) is 1.19. The van der Waals surface area contributed by atoms with Crippen LogP contribution in [0.25, 0.3) is 10.9 Å². The van der Waals surface area contributed by atoms with E-state index in [1.807, 2.05) is 43.6 Å². The van der Waals surface area contributed by atoms with Crippen LogP contribution >= 0.6 is 24.4 Å². The summed E-state index contributed by atoms with van der Waals surface area (Å²) in [6.07, 6.45) is 2.01. The smallest absolute Gasteiger partial charge is 0.212 e. The van der Waals surface area contributed by atoms with Crippen molar-refractivity contribution < 1.29 is 4.57 Å². The minimum absolute atomic E-state index is 0.152. The molecular formula is C12H13N4S2+. The molecule has 0 unspecified atom stereocenters. The Bertz CT molecular complexity index is 625. The first-order valence-corrected chi connectivity index (χ1v) is 6.14. The van der Waals surface area contributed by atoms with E-state index in [0.717, 1.165) is 16.6 Å². The van der Waals surface area contributed by atoms with Gasteiger partial charge >= 0.3 is 0 Å². The van der Waals surface area contributed by atoms with Gasteiger partial charge in [0.1, 0.15) is 7.05 Å². The van der Waals surface area contributed by atoms with Gasteiger partial charge in [0.2, 0.25) is 5.52 Å². The van der Waals surface area contributed by atoms with Crippen molar-refractivity contribution in [3.63, 3.8) is 0 Å². The molecule has 0 aliphatic rings. The number of thiocarbonyl (C=S) groups is 2. The maximum absolute atomic E-state index is 5.35. The van der Waals surface area contributed by atoms with Gasteiger partial charge in [0.05, 0.1) is 0 Å². The van der Waals surface area contributed by atoms with Crippen molar-refractivity contribution in [1.82, 2.24) is 5.32 Å². The standard InChI is InChI=1S/C12H12N4S2/c1-16-6-2-3-8-7-9(4-5-10(8)16)14-12(18)15-11(13)17/h2-7H,1H3,(H3-,13,14,15,17,18)/p+1. The quantitative estimate of drug-likeness (QED) is 0.540. The summed E-state index contributed by atoms with van der Waals surface area (Å²) < 4.78 is 2.06. The van der Waals surface area contributed by atoms with Crippen LogP contribution in [0.15, 0.2) is 36.5 Å². The van der Waals surface area contributed by atoms with Gasteiger partial charge in [-0.15, -0.1) is 0 Å². The zero-order chi connectivity index (χ0) is 13.1. The van der Waals surface area contributed by atoms with Gasteiger partial charge in [0.15, 0.2) is 16.4 Å². The van der Waals surface area contributed by atoms with Gasteiger partial charge in [0.25, 0.3) is 0 Å². The van der Waals surface area contributed by atoms with E-state index in [1.165, 1.54) is 0 Å². The Morgan fingerprint density at radius 3 is 2.78 bits per heavy atom. The van der Waals surface area contributed by atoms with Crippen LogP contribution in [0.2, 0.25) is 0 Å². The summed E-state index contributed by atoms with van der Waals surface area (Å²) in [6, 6.07) is 10.0. The number of nitrogens with one attached hydrogen (secondary N) is 2. The van der Waals surface area contributed by atoms with Crippen molar-refractivity contribution in [3.05, 3.63) is 36.5 Å². The van der Waals surface area contributed by atoms with E-state index in [1.54, 1.807) is 0 Å². The number of rotatable bonds is 1. The molecule has 0 saturated heterocycles. The number of anilines is 1. The number of nitrogens with zero attached hydrogens (tertiary/aromatic N) is 1. The molecule has 0 saturated carbocycles. The number of pyridine rings is 1. The van der Waals surface area contributed by atoms with E-state index in [2.05, 4.69) is 15.2 Å². The molecule has 1 heterocycles. The molecule has 0 amide bonds. The highest BCUT2D eigenvalue weighted by Crippen LogP contribution is 2.15. The number of aromatic nitrogens is 1. The normalized spacial score (nSPS) is 10.1. The van der Waals surface area contributed by atoms with Gasteiger partial charge in [-0.25, -0.2) is 4.57 Å². The Hall–Kier alpha value is -1.79. The Kier molecular flexibility index (Phi) is 3.69. The first-order valence-electron chi connectivity index (χ1n) is 5.32. The van der Waals surface area contributed by atoms with Gasteiger partial charge in [-0.3, -0.25) is 0 Å². The molecule has 0 radical (unpaired) electrons. The molecule has 0 fully saturated rings. The van der Waals surface area contributed by atoms with Crippen LogP contribution in [-0.2, 0) is 7.05 Å². The predicted molar refractivity (Wildman–Crippen MR) is 81.3 cm³/mol. The Morgan fingerprint density at radius 2 is 2.06 bits per heavy atom. The summed E-state index contributed by atoms with van der Waals surface area (Å²) in [5, 5.41) is 7.37. The fraction of sp³-hybridized carbons (Fsp3) is 0.0833. The van der Waals surface area contributed by atoms with Gasteiger partial charge < -0.3 is 16.4 Å². The largest absolute Gasteiger partial charge is 0.376 e. The zero-order valence-corrected chi connectivity index (χ0v) is 11.4. The number of fused-ring (bicyclic) bond motifs is 1. The zero-order valence-electron chi connectivity index (χ0n) is 9.81. The molecule has 2 aromatic rings. The number of hydrogen-bond acceptors (Lipinski definition) is 2. The monoisotopic (exact) mass is 277 g/mol. The van der Waals surface area contributed by atoms with Crippen LogP contribution in [0.3, 0.4) is 0 Å². The van der Waals surface area contributed by atoms with E-state index in [4.69, 9.17) is 30.2 Å². The Balaban J connectivity index is 2.25. The summed E-state index contributed by atoms with van der Waals surface area (Å²) in [7, 11) is 2.01. The van der Waals surface area contributed by atoms with E-state index >= 15 is 0 Å². The van der Waals surface area contributed by atoms with Crippen LogP contribution in [-0.4, -0.2) is 10.2 Å². The van der Waals surface area contributed by atoms with Crippen LogP contribution in [0.5, 0.6) is 0 Å². The minimum Gasteiger partial charge on any atom is -0.376 e. The molecule has 4 nitrogen and oxygen atoms in total. The highest BCUT2D eigenvalue weighted by atomic mass is 32.1. The second-order valence-electron chi connectivity index (χ2n) is 3.84. The maximum atomic E-state index is 5.35. The van der Waals surface area contributed by atoms with E-state index < -0.39 is 0 Å². The summed E-state index contributed by atoms with van der Waals surface area (Å²) in [5.74, 6) is 0. The fourth-order valence-corrected chi connectivity index (χ4v) is 2.11. The molecule has 1 aromatic carbocycles. The van der Waals surface area contributed by atoms with Crippen LogP contribution in [0.1, 0.15) is 0 Å². The highest BCUT2D eigenvalue weighted by Gasteiger charge is 2.05. The topological polar surface area (TPSA) is 54.0 Å². The molecule has 92 valence electrons. The van der Waals surface area contributed by atoms with Gasteiger partial charge in [-0.1, -0.05) is 0 Å². The molecular weight excluding hydrogens is 264 g/mol. The second kappa shape index (κ2) is 5.24. The Labute approximate surface area is 116 Å².